The molecule has 1 aromatic heterocycles. The number of benzene rings is 2. The molecular formula is C23H22N4O6. The number of carbonyl (C=O) groups is 3. The van der Waals surface area contributed by atoms with Gasteiger partial charge >= 0.3 is 11.8 Å². The maximum atomic E-state index is 12.1. The summed E-state index contributed by atoms with van der Waals surface area (Å²) >= 11 is 0. The molecule has 10 heteroatoms. The van der Waals surface area contributed by atoms with Crippen molar-refractivity contribution in [3.63, 3.8) is 0 Å². The molecule has 0 bridgehead atoms. The summed E-state index contributed by atoms with van der Waals surface area (Å²) < 4.78 is 15.7. The average Bonchev–Trinajstić information content (AvgIpc) is 3.35. The first-order chi connectivity index (χ1) is 16.0. The number of amides is 3. The highest BCUT2D eigenvalue weighted by Gasteiger charge is 2.12. The molecule has 33 heavy (non-hydrogen) atoms. The third-order valence-corrected chi connectivity index (χ3v) is 4.17. The van der Waals surface area contributed by atoms with E-state index in [2.05, 4.69) is 21.2 Å². The molecule has 3 aromatic rings. The van der Waals surface area contributed by atoms with Gasteiger partial charge in [0.1, 0.15) is 17.3 Å². The zero-order chi connectivity index (χ0) is 23.5. The van der Waals surface area contributed by atoms with E-state index in [4.69, 9.17) is 13.9 Å². The van der Waals surface area contributed by atoms with Crippen molar-refractivity contribution in [1.29, 1.82) is 0 Å². The first-order valence-electron chi connectivity index (χ1n) is 9.84. The minimum atomic E-state index is -0.917. The van der Waals surface area contributed by atoms with E-state index in [1.165, 1.54) is 12.5 Å². The van der Waals surface area contributed by atoms with Crippen LogP contribution in [-0.4, -0.2) is 37.7 Å². The van der Waals surface area contributed by atoms with Crippen LogP contribution in [0.15, 0.2) is 76.4 Å². The summed E-state index contributed by atoms with van der Waals surface area (Å²) in [4.78, 5) is 35.6. The van der Waals surface area contributed by atoms with Gasteiger partial charge in [0.25, 0.3) is 5.91 Å². The Kier molecular flexibility index (Phi) is 8.18. The topological polar surface area (TPSA) is 131 Å². The van der Waals surface area contributed by atoms with Crippen LogP contribution in [0.4, 0.5) is 5.69 Å². The Morgan fingerprint density at radius 2 is 1.82 bits per heavy atom. The predicted octanol–water partition coefficient (Wildman–Crippen LogP) is 2.07. The fourth-order valence-electron chi connectivity index (χ4n) is 2.61. The number of hydrazone groups is 1. The lowest BCUT2D eigenvalue weighted by atomic mass is 10.2. The fourth-order valence-corrected chi connectivity index (χ4v) is 2.61. The van der Waals surface area contributed by atoms with Crippen LogP contribution < -0.4 is 25.5 Å². The lowest BCUT2D eigenvalue weighted by molar-refractivity contribution is -0.139. The molecule has 0 fully saturated rings. The molecule has 0 saturated carbocycles. The number of methoxy groups -OCH3 is 1. The smallest absolute Gasteiger partial charge is 0.329 e. The number of nitrogens with zero attached hydrogens (tertiary/aromatic N) is 1. The monoisotopic (exact) mass is 450 g/mol. The molecule has 3 rings (SSSR count). The van der Waals surface area contributed by atoms with Gasteiger partial charge in [-0.2, -0.15) is 5.10 Å². The van der Waals surface area contributed by atoms with E-state index in [1.807, 2.05) is 0 Å². The van der Waals surface area contributed by atoms with Gasteiger partial charge in [-0.05, 0) is 42.0 Å². The predicted molar refractivity (Wildman–Crippen MR) is 120 cm³/mol. The number of anilines is 1. The number of hydrogen-bond acceptors (Lipinski definition) is 7. The van der Waals surface area contributed by atoms with E-state index < -0.39 is 11.8 Å². The normalized spacial score (nSPS) is 10.5. The van der Waals surface area contributed by atoms with Crippen LogP contribution in [0.5, 0.6) is 11.5 Å². The van der Waals surface area contributed by atoms with Gasteiger partial charge in [-0.1, -0.05) is 18.2 Å². The Labute approximate surface area is 189 Å². The van der Waals surface area contributed by atoms with Crippen molar-refractivity contribution in [1.82, 2.24) is 10.7 Å². The Bertz CT molecular complexity index is 1130. The van der Waals surface area contributed by atoms with Gasteiger partial charge in [-0.3, -0.25) is 14.4 Å². The second kappa shape index (κ2) is 11.7. The Hall–Kier alpha value is -4.60. The molecular weight excluding hydrogens is 428 g/mol. The Balaban J connectivity index is 1.44. The van der Waals surface area contributed by atoms with Crippen molar-refractivity contribution < 1.29 is 28.3 Å². The second-order valence-electron chi connectivity index (χ2n) is 6.60. The summed E-state index contributed by atoms with van der Waals surface area (Å²) in [5, 5.41) is 8.89. The minimum absolute atomic E-state index is 0.0910. The van der Waals surface area contributed by atoms with Crippen LogP contribution in [0.25, 0.3) is 0 Å². The maximum Gasteiger partial charge on any atom is 0.329 e. The van der Waals surface area contributed by atoms with Gasteiger partial charge < -0.3 is 24.5 Å². The van der Waals surface area contributed by atoms with Gasteiger partial charge in [-0.25, -0.2) is 5.43 Å². The molecule has 0 atom stereocenters. The van der Waals surface area contributed by atoms with E-state index in [0.717, 1.165) is 0 Å². The first-order valence-corrected chi connectivity index (χ1v) is 9.84. The maximum absolute atomic E-state index is 12.1. The largest absolute Gasteiger partial charge is 0.497 e. The molecule has 3 amide bonds. The molecule has 0 radical (unpaired) electrons. The third-order valence-electron chi connectivity index (χ3n) is 4.17. The highest BCUT2D eigenvalue weighted by atomic mass is 16.5. The molecule has 0 unspecified atom stereocenters. The number of nitrogens with one attached hydrogen (secondary N) is 3. The minimum Gasteiger partial charge on any atom is -0.497 e. The van der Waals surface area contributed by atoms with E-state index in [0.29, 0.717) is 28.5 Å². The fraction of sp³-hybridized carbons (Fsp3) is 0.130. The summed E-state index contributed by atoms with van der Waals surface area (Å²) in [6.07, 6.45) is 2.82. The molecule has 10 nitrogen and oxygen atoms in total. The molecule has 1 heterocycles. The standard InChI is InChI=1S/C23H22N4O6/c1-31-18-7-3-6-17(12-18)26-21(28)15-33-19-8-2-5-16(11-19)13-25-27-23(30)22(29)24-14-20-9-4-10-32-20/h2-13H,14-15H2,1H3,(H,24,29)(H,26,28)(H,27,30)/b25-13-. The van der Waals surface area contributed by atoms with Crippen LogP contribution in [0.1, 0.15) is 11.3 Å². The van der Waals surface area contributed by atoms with Crippen molar-refractivity contribution in [2.75, 3.05) is 19.0 Å². The van der Waals surface area contributed by atoms with Gasteiger partial charge in [0, 0.05) is 11.8 Å². The van der Waals surface area contributed by atoms with E-state index in [9.17, 15) is 14.4 Å². The lowest BCUT2D eigenvalue weighted by Crippen LogP contribution is -2.37. The molecule has 2 aromatic carbocycles. The van der Waals surface area contributed by atoms with E-state index in [-0.39, 0.29) is 19.1 Å². The quantitative estimate of drug-likeness (QED) is 0.260. The van der Waals surface area contributed by atoms with E-state index >= 15 is 0 Å². The summed E-state index contributed by atoms with van der Waals surface area (Å²) in [6.45, 7) is -0.113. The average molecular weight is 450 g/mol. The molecule has 0 spiro atoms. The molecule has 0 aliphatic carbocycles. The second-order valence-corrected chi connectivity index (χ2v) is 6.60. The summed E-state index contributed by atoms with van der Waals surface area (Å²) in [6, 6.07) is 17.1. The van der Waals surface area contributed by atoms with Crippen LogP contribution in [0.2, 0.25) is 0 Å². The third kappa shape index (κ3) is 7.55. The highest BCUT2D eigenvalue weighted by molar-refractivity contribution is 6.35. The van der Waals surface area contributed by atoms with Crippen LogP contribution in [-0.2, 0) is 20.9 Å². The number of rotatable bonds is 9. The van der Waals surface area contributed by atoms with Crippen molar-refractivity contribution in [2.24, 2.45) is 5.10 Å². The van der Waals surface area contributed by atoms with Crippen LogP contribution >= 0.6 is 0 Å². The van der Waals surface area contributed by atoms with Gasteiger partial charge in [-0.15, -0.1) is 0 Å². The van der Waals surface area contributed by atoms with Gasteiger partial charge in [0.2, 0.25) is 0 Å². The summed E-state index contributed by atoms with van der Waals surface area (Å²) in [5.74, 6) is -0.518. The Morgan fingerprint density at radius 3 is 2.61 bits per heavy atom. The number of furan rings is 1. The van der Waals surface area contributed by atoms with Crippen molar-refractivity contribution >= 4 is 29.6 Å². The molecule has 0 saturated heterocycles. The molecule has 0 aliphatic heterocycles. The molecule has 170 valence electrons. The molecule has 0 aliphatic rings. The van der Waals surface area contributed by atoms with Crippen molar-refractivity contribution in [3.05, 3.63) is 78.3 Å². The first kappa shape index (κ1) is 23.1. The zero-order valence-corrected chi connectivity index (χ0v) is 17.7. The van der Waals surface area contributed by atoms with Crippen molar-refractivity contribution in [3.8, 4) is 11.5 Å². The summed E-state index contributed by atoms with van der Waals surface area (Å²) in [5.41, 5.74) is 3.32. The SMILES string of the molecule is COc1cccc(NC(=O)COc2cccc(/C=N\NC(=O)C(=O)NCc3ccco3)c2)c1. The lowest BCUT2D eigenvalue weighted by Gasteiger charge is -2.09. The summed E-state index contributed by atoms with van der Waals surface area (Å²) in [7, 11) is 1.54. The number of hydrogen-bond donors (Lipinski definition) is 3. The van der Waals surface area contributed by atoms with Crippen LogP contribution in [0.3, 0.4) is 0 Å². The van der Waals surface area contributed by atoms with Crippen LogP contribution in [0, 0.1) is 0 Å². The highest BCUT2D eigenvalue weighted by Crippen LogP contribution is 2.17. The van der Waals surface area contributed by atoms with Crippen molar-refractivity contribution in [2.45, 2.75) is 6.54 Å². The molecule has 3 N–H and O–H groups in total. The zero-order valence-electron chi connectivity index (χ0n) is 17.7. The Morgan fingerprint density at radius 1 is 1.00 bits per heavy atom. The van der Waals surface area contributed by atoms with Gasteiger partial charge in [0.05, 0.1) is 26.1 Å². The number of ether oxygens (including phenoxy) is 2. The van der Waals surface area contributed by atoms with E-state index in [1.54, 1.807) is 67.8 Å². The van der Waals surface area contributed by atoms with Gasteiger partial charge in [0.15, 0.2) is 6.61 Å². The number of carbonyl (C=O) groups excluding carboxylic acids is 3.